The van der Waals surface area contributed by atoms with Crippen LogP contribution in [0.4, 0.5) is 5.82 Å². The van der Waals surface area contributed by atoms with Crippen LogP contribution in [0.1, 0.15) is 19.2 Å². The van der Waals surface area contributed by atoms with Gasteiger partial charge in [-0.1, -0.05) is 11.6 Å². The highest BCUT2D eigenvalue weighted by Crippen LogP contribution is 2.26. The monoisotopic (exact) mass is 257 g/mol. The molecule has 1 aliphatic heterocycles. The Labute approximate surface area is 106 Å². The summed E-state index contributed by atoms with van der Waals surface area (Å²) in [4.78, 5) is 10.9. The van der Waals surface area contributed by atoms with Crippen LogP contribution in [0.25, 0.3) is 0 Å². The number of nitrogens with zero attached hydrogens (tertiary/aromatic N) is 3. The predicted molar refractivity (Wildman–Crippen MR) is 70.5 cm³/mol. The van der Waals surface area contributed by atoms with E-state index in [1.165, 1.54) is 17.9 Å². The molecule has 88 valence electrons. The van der Waals surface area contributed by atoms with Crippen molar-refractivity contribution < 1.29 is 0 Å². The van der Waals surface area contributed by atoms with E-state index in [9.17, 15) is 0 Å². The SMILES string of the molecule is CCN(c1cc(Cl)nc(C)n1)[C@H]1CCSC1. The molecule has 0 radical (unpaired) electrons. The number of aryl methyl sites for hydroxylation is 1. The van der Waals surface area contributed by atoms with Crippen molar-refractivity contribution in [1.82, 2.24) is 9.97 Å². The molecule has 0 N–H and O–H groups in total. The molecule has 5 heteroatoms. The summed E-state index contributed by atoms with van der Waals surface area (Å²) < 4.78 is 0. The first kappa shape index (κ1) is 12.0. The molecular weight excluding hydrogens is 242 g/mol. The zero-order chi connectivity index (χ0) is 11.5. The Bertz CT molecular complexity index is 346. The quantitative estimate of drug-likeness (QED) is 0.779. The Morgan fingerprint density at radius 3 is 2.94 bits per heavy atom. The first-order chi connectivity index (χ1) is 7.70. The van der Waals surface area contributed by atoms with Crippen LogP contribution in [0.5, 0.6) is 0 Å². The third-order valence-electron chi connectivity index (χ3n) is 2.77. The van der Waals surface area contributed by atoms with Crippen molar-refractivity contribution in [2.75, 3.05) is 23.0 Å². The summed E-state index contributed by atoms with van der Waals surface area (Å²) in [5.74, 6) is 4.15. The first-order valence-corrected chi connectivity index (χ1v) is 7.09. The summed E-state index contributed by atoms with van der Waals surface area (Å²) >= 11 is 7.99. The molecule has 2 heterocycles. The fourth-order valence-corrected chi connectivity index (χ4v) is 3.48. The van der Waals surface area contributed by atoms with E-state index in [-0.39, 0.29) is 0 Å². The first-order valence-electron chi connectivity index (χ1n) is 5.56. The van der Waals surface area contributed by atoms with Gasteiger partial charge in [-0.2, -0.15) is 11.8 Å². The third kappa shape index (κ3) is 2.61. The van der Waals surface area contributed by atoms with Crippen molar-refractivity contribution in [1.29, 1.82) is 0 Å². The smallest absolute Gasteiger partial charge is 0.134 e. The molecule has 3 nitrogen and oxygen atoms in total. The Kier molecular flexibility index (Phi) is 3.92. The van der Waals surface area contributed by atoms with E-state index in [0.717, 1.165) is 18.2 Å². The van der Waals surface area contributed by atoms with Gasteiger partial charge in [-0.25, -0.2) is 9.97 Å². The van der Waals surface area contributed by atoms with Crippen molar-refractivity contribution in [2.24, 2.45) is 0 Å². The Morgan fingerprint density at radius 2 is 2.38 bits per heavy atom. The maximum atomic E-state index is 5.97. The lowest BCUT2D eigenvalue weighted by Crippen LogP contribution is -2.35. The van der Waals surface area contributed by atoms with Crippen LogP contribution in [0.2, 0.25) is 5.15 Å². The summed E-state index contributed by atoms with van der Waals surface area (Å²) in [6.07, 6.45) is 1.24. The molecular formula is C11H16ClN3S. The Hall–Kier alpha value is -0.480. The van der Waals surface area contributed by atoms with E-state index in [2.05, 4.69) is 21.8 Å². The number of hydrogen-bond acceptors (Lipinski definition) is 4. The lowest BCUT2D eigenvalue weighted by Gasteiger charge is -2.28. The molecule has 0 amide bonds. The minimum absolute atomic E-state index is 0.534. The predicted octanol–water partition coefficient (Wildman–Crippen LogP) is 2.77. The second kappa shape index (κ2) is 5.23. The number of aromatic nitrogens is 2. The summed E-state index contributed by atoms with van der Waals surface area (Å²) in [5.41, 5.74) is 0. The average Bonchev–Trinajstić information content (AvgIpc) is 2.70. The minimum atomic E-state index is 0.534. The van der Waals surface area contributed by atoms with Crippen molar-refractivity contribution in [3.8, 4) is 0 Å². The zero-order valence-corrected chi connectivity index (χ0v) is 11.2. The molecule has 1 aliphatic rings. The summed E-state index contributed by atoms with van der Waals surface area (Å²) in [6.45, 7) is 5.01. The Morgan fingerprint density at radius 1 is 1.56 bits per heavy atom. The van der Waals surface area contributed by atoms with Crippen molar-refractivity contribution in [3.05, 3.63) is 17.0 Å². The second-order valence-electron chi connectivity index (χ2n) is 3.90. The van der Waals surface area contributed by atoms with Gasteiger partial charge in [-0.3, -0.25) is 0 Å². The van der Waals surface area contributed by atoms with E-state index in [4.69, 9.17) is 11.6 Å². The number of thioether (sulfide) groups is 1. The van der Waals surface area contributed by atoms with Crippen LogP contribution in [-0.2, 0) is 0 Å². The summed E-state index contributed by atoms with van der Waals surface area (Å²) in [7, 11) is 0. The van der Waals surface area contributed by atoms with Gasteiger partial charge in [0.2, 0.25) is 0 Å². The highest BCUT2D eigenvalue weighted by Gasteiger charge is 2.23. The van der Waals surface area contributed by atoms with E-state index in [1.807, 2.05) is 24.8 Å². The molecule has 16 heavy (non-hydrogen) atoms. The molecule has 0 spiro atoms. The number of rotatable bonds is 3. The van der Waals surface area contributed by atoms with Crippen LogP contribution >= 0.6 is 23.4 Å². The van der Waals surface area contributed by atoms with Gasteiger partial charge < -0.3 is 4.90 Å². The van der Waals surface area contributed by atoms with Gasteiger partial charge in [0, 0.05) is 24.4 Å². The average molecular weight is 258 g/mol. The van der Waals surface area contributed by atoms with Gasteiger partial charge in [-0.05, 0) is 26.0 Å². The lowest BCUT2D eigenvalue weighted by molar-refractivity contribution is 0.650. The van der Waals surface area contributed by atoms with Crippen molar-refractivity contribution >= 4 is 29.2 Å². The normalized spacial score (nSPS) is 20.1. The van der Waals surface area contributed by atoms with Crippen LogP contribution < -0.4 is 4.90 Å². The maximum Gasteiger partial charge on any atom is 0.134 e. The highest BCUT2D eigenvalue weighted by molar-refractivity contribution is 7.99. The molecule has 1 aromatic heterocycles. The highest BCUT2D eigenvalue weighted by atomic mass is 35.5. The Balaban J connectivity index is 2.24. The van der Waals surface area contributed by atoms with Crippen LogP contribution in [0.3, 0.4) is 0 Å². The second-order valence-corrected chi connectivity index (χ2v) is 5.44. The van der Waals surface area contributed by atoms with Gasteiger partial charge in [-0.15, -0.1) is 0 Å². The molecule has 2 rings (SSSR count). The van der Waals surface area contributed by atoms with E-state index < -0.39 is 0 Å². The van der Waals surface area contributed by atoms with Gasteiger partial charge in [0.25, 0.3) is 0 Å². The van der Waals surface area contributed by atoms with Crippen molar-refractivity contribution in [3.63, 3.8) is 0 Å². The fourth-order valence-electron chi connectivity index (χ4n) is 2.04. The standard InChI is InChI=1S/C11H16ClN3S/c1-3-15(9-4-5-16-7-9)11-6-10(12)13-8(2)14-11/h6,9H,3-5,7H2,1-2H3/t9-/m0/s1. The molecule has 1 aromatic rings. The molecule has 0 aromatic carbocycles. The van der Waals surface area contributed by atoms with E-state index in [1.54, 1.807) is 0 Å². The van der Waals surface area contributed by atoms with Crippen LogP contribution in [0.15, 0.2) is 6.07 Å². The van der Waals surface area contributed by atoms with Crippen LogP contribution in [-0.4, -0.2) is 34.1 Å². The zero-order valence-electron chi connectivity index (χ0n) is 9.61. The third-order valence-corrected chi connectivity index (χ3v) is 4.11. The van der Waals surface area contributed by atoms with E-state index in [0.29, 0.717) is 11.2 Å². The minimum Gasteiger partial charge on any atom is -0.353 e. The largest absolute Gasteiger partial charge is 0.353 e. The van der Waals surface area contributed by atoms with Crippen molar-refractivity contribution in [2.45, 2.75) is 26.3 Å². The molecule has 0 bridgehead atoms. The number of anilines is 1. The van der Waals surface area contributed by atoms with Gasteiger partial charge in [0.05, 0.1) is 0 Å². The molecule has 0 aliphatic carbocycles. The lowest BCUT2D eigenvalue weighted by atomic mass is 10.2. The number of hydrogen-bond donors (Lipinski definition) is 0. The van der Waals surface area contributed by atoms with Gasteiger partial charge in [0.15, 0.2) is 0 Å². The summed E-state index contributed by atoms with van der Waals surface area (Å²) in [6, 6.07) is 2.46. The molecule has 0 unspecified atom stereocenters. The molecule has 1 atom stereocenters. The molecule has 0 saturated carbocycles. The fraction of sp³-hybridized carbons (Fsp3) is 0.636. The summed E-state index contributed by atoms with van der Waals surface area (Å²) in [5, 5.41) is 0.534. The number of halogens is 1. The van der Waals surface area contributed by atoms with Crippen LogP contribution in [0, 0.1) is 6.92 Å². The topological polar surface area (TPSA) is 29.0 Å². The van der Waals surface area contributed by atoms with E-state index >= 15 is 0 Å². The maximum absolute atomic E-state index is 5.97. The molecule has 1 fully saturated rings. The molecule has 1 saturated heterocycles. The van der Waals surface area contributed by atoms with Gasteiger partial charge >= 0.3 is 0 Å². The van der Waals surface area contributed by atoms with Gasteiger partial charge in [0.1, 0.15) is 16.8 Å².